The average molecular weight is 266 g/mol. The molecule has 7 heteroatoms. The molecule has 0 heterocycles. The molecule has 0 saturated heterocycles. The van der Waals surface area contributed by atoms with E-state index in [9.17, 15) is 4.79 Å². The number of carbonyl (C=O) groups excluding carboxylic acids is 1. The van der Waals surface area contributed by atoms with Gasteiger partial charge in [0.05, 0.1) is 13.2 Å². The van der Waals surface area contributed by atoms with Crippen molar-refractivity contribution in [1.29, 1.82) is 0 Å². The third-order valence-electron chi connectivity index (χ3n) is 2.79. The molecule has 2 amide bonds. The summed E-state index contributed by atoms with van der Waals surface area (Å²) in [5.74, 6) is 0.670. The van der Waals surface area contributed by atoms with Gasteiger partial charge in [-0.05, 0) is 31.2 Å². The number of oxime groups is 1. The molecule has 19 heavy (non-hydrogen) atoms. The van der Waals surface area contributed by atoms with Crippen LogP contribution in [0.2, 0.25) is 0 Å². The minimum atomic E-state index is -0.511. The third kappa shape index (κ3) is 3.77. The highest BCUT2D eigenvalue weighted by atomic mass is 16.5. The summed E-state index contributed by atoms with van der Waals surface area (Å²) in [6.45, 7) is 1.66. The molecule has 0 aliphatic heterocycles. The number of nitrogens with zero attached hydrogens (tertiary/aromatic N) is 2. The van der Waals surface area contributed by atoms with Crippen molar-refractivity contribution >= 4 is 17.6 Å². The molecule has 0 aliphatic carbocycles. The number of amides is 2. The number of benzene rings is 1. The van der Waals surface area contributed by atoms with E-state index >= 15 is 0 Å². The maximum absolute atomic E-state index is 11.9. The smallest absolute Gasteiger partial charge is 0.322 e. The first-order valence-electron chi connectivity index (χ1n) is 5.65. The highest BCUT2D eigenvalue weighted by molar-refractivity contribution is 5.94. The number of anilines is 1. The fourth-order valence-electron chi connectivity index (χ4n) is 1.34. The summed E-state index contributed by atoms with van der Waals surface area (Å²) in [6, 6.07) is 6.05. The highest BCUT2D eigenvalue weighted by Gasteiger charge is 2.19. The minimum Gasteiger partial charge on any atom is -0.497 e. The van der Waals surface area contributed by atoms with Crippen LogP contribution in [0.15, 0.2) is 29.4 Å². The van der Waals surface area contributed by atoms with Gasteiger partial charge in [0, 0.05) is 12.7 Å². The van der Waals surface area contributed by atoms with Gasteiger partial charge in [-0.1, -0.05) is 5.16 Å². The molecule has 0 radical (unpaired) electrons. The lowest BCUT2D eigenvalue weighted by atomic mass is 10.3. The molecule has 0 spiro atoms. The number of amidine groups is 1. The Bertz CT molecular complexity index is 459. The number of likely N-dealkylation sites (N-methyl/N-ethyl adjacent to an activating group) is 1. The first kappa shape index (κ1) is 14.6. The monoisotopic (exact) mass is 266 g/mol. The molecule has 7 nitrogen and oxygen atoms in total. The zero-order chi connectivity index (χ0) is 14.4. The van der Waals surface area contributed by atoms with Crippen LogP contribution in [-0.4, -0.2) is 42.2 Å². The van der Waals surface area contributed by atoms with Crippen molar-refractivity contribution in [2.24, 2.45) is 10.9 Å². The van der Waals surface area contributed by atoms with Gasteiger partial charge in [0.15, 0.2) is 5.84 Å². The van der Waals surface area contributed by atoms with Crippen LogP contribution in [0, 0.1) is 0 Å². The Morgan fingerprint density at radius 2 is 2.05 bits per heavy atom. The van der Waals surface area contributed by atoms with E-state index in [1.807, 2.05) is 0 Å². The number of hydrogen-bond donors (Lipinski definition) is 3. The van der Waals surface area contributed by atoms with Crippen LogP contribution < -0.4 is 15.8 Å². The summed E-state index contributed by atoms with van der Waals surface area (Å²) in [6.07, 6.45) is 0. The number of nitrogens with one attached hydrogen (secondary N) is 1. The number of methoxy groups -OCH3 is 1. The number of rotatable bonds is 4. The lowest BCUT2D eigenvalue weighted by Gasteiger charge is -2.24. The highest BCUT2D eigenvalue weighted by Crippen LogP contribution is 2.15. The summed E-state index contributed by atoms with van der Waals surface area (Å²) >= 11 is 0. The van der Waals surface area contributed by atoms with E-state index in [0.717, 1.165) is 0 Å². The zero-order valence-electron chi connectivity index (χ0n) is 11.1. The van der Waals surface area contributed by atoms with Gasteiger partial charge >= 0.3 is 6.03 Å². The molecule has 1 aromatic rings. The number of carbonyl (C=O) groups is 1. The zero-order valence-corrected chi connectivity index (χ0v) is 11.1. The predicted molar refractivity (Wildman–Crippen MR) is 72.6 cm³/mol. The van der Waals surface area contributed by atoms with Crippen molar-refractivity contribution in [2.75, 3.05) is 19.5 Å². The Hall–Kier alpha value is -2.44. The normalized spacial score (nSPS) is 12.7. The number of ether oxygens (including phenoxy) is 1. The van der Waals surface area contributed by atoms with Gasteiger partial charge in [0.1, 0.15) is 5.75 Å². The molecule has 0 aliphatic rings. The summed E-state index contributed by atoms with van der Waals surface area (Å²) in [4.78, 5) is 13.3. The van der Waals surface area contributed by atoms with Gasteiger partial charge < -0.3 is 25.9 Å². The summed E-state index contributed by atoms with van der Waals surface area (Å²) in [7, 11) is 3.13. The minimum absolute atomic E-state index is 0.0348. The maximum Gasteiger partial charge on any atom is 0.322 e. The van der Waals surface area contributed by atoms with Crippen LogP contribution in [0.25, 0.3) is 0 Å². The Morgan fingerprint density at radius 1 is 1.47 bits per heavy atom. The van der Waals surface area contributed by atoms with Crippen LogP contribution >= 0.6 is 0 Å². The van der Waals surface area contributed by atoms with Crippen LogP contribution in [0.1, 0.15) is 6.92 Å². The molecule has 1 atom stereocenters. The SMILES string of the molecule is COc1ccc(NC(=O)N(C)C(C)C(N)=NO)cc1. The van der Waals surface area contributed by atoms with Crippen molar-refractivity contribution < 1.29 is 14.7 Å². The van der Waals surface area contributed by atoms with E-state index in [1.165, 1.54) is 4.90 Å². The molecule has 0 aromatic heterocycles. The number of nitrogens with two attached hydrogens (primary N) is 1. The molecule has 0 fully saturated rings. The molecule has 0 bridgehead atoms. The van der Waals surface area contributed by atoms with Crippen molar-refractivity contribution in [1.82, 2.24) is 4.90 Å². The molecule has 0 saturated carbocycles. The third-order valence-corrected chi connectivity index (χ3v) is 2.79. The summed E-state index contributed by atoms with van der Waals surface area (Å²) in [5, 5.41) is 14.1. The van der Waals surface area contributed by atoms with Crippen LogP contribution in [0.3, 0.4) is 0 Å². The van der Waals surface area contributed by atoms with E-state index in [-0.39, 0.29) is 11.9 Å². The molecular weight excluding hydrogens is 248 g/mol. The molecule has 4 N–H and O–H groups in total. The van der Waals surface area contributed by atoms with E-state index in [0.29, 0.717) is 11.4 Å². The molecule has 1 rings (SSSR count). The lowest BCUT2D eigenvalue weighted by Crippen LogP contribution is -2.45. The fraction of sp³-hybridized carbons (Fsp3) is 0.333. The molecular formula is C12H18N4O3. The maximum atomic E-state index is 11.9. The molecule has 1 aromatic carbocycles. The molecule has 1 unspecified atom stereocenters. The van der Waals surface area contributed by atoms with Crippen LogP contribution in [0.4, 0.5) is 10.5 Å². The lowest BCUT2D eigenvalue weighted by molar-refractivity contribution is 0.217. The predicted octanol–water partition coefficient (Wildman–Crippen LogP) is 1.29. The van der Waals surface area contributed by atoms with Crippen LogP contribution in [-0.2, 0) is 0 Å². The Morgan fingerprint density at radius 3 is 2.53 bits per heavy atom. The van der Waals surface area contributed by atoms with Crippen molar-refractivity contribution in [3.8, 4) is 5.75 Å². The van der Waals surface area contributed by atoms with Gasteiger partial charge in [-0.3, -0.25) is 0 Å². The second kappa shape index (κ2) is 6.48. The Balaban J connectivity index is 2.68. The summed E-state index contributed by atoms with van der Waals surface area (Å²) < 4.78 is 5.02. The second-order valence-electron chi connectivity index (χ2n) is 3.97. The first-order chi connectivity index (χ1) is 8.99. The Labute approximate surface area is 111 Å². The standard InChI is InChI=1S/C12H18N4O3/c1-8(11(13)15-18)16(2)12(17)14-9-4-6-10(19-3)7-5-9/h4-8,18H,1-3H3,(H2,13,15)(H,14,17). The van der Waals surface area contributed by atoms with E-state index in [2.05, 4.69) is 10.5 Å². The van der Waals surface area contributed by atoms with Crippen molar-refractivity contribution in [2.45, 2.75) is 13.0 Å². The van der Waals surface area contributed by atoms with E-state index in [4.69, 9.17) is 15.7 Å². The van der Waals surface area contributed by atoms with E-state index in [1.54, 1.807) is 45.3 Å². The summed E-state index contributed by atoms with van der Waals surface area (Å²) in [5.41, 5.74) is 6.08. The van der Waals surface area contributed by atoms with Gasteiger partial charge in [-0.15, -0.1) is 0 Å². The molecule has 104 valence electrons. The van der Waals surface area contributed by atoms with E-state index < -0.39 is 6.04 Å². The van der Waals surface area contributed by atoms with Gasteiger partial charge in [0.2, 0.25) is 0 Å². The fourth-order valence-corrected chi connectivity index (χ4v) is 1.34. The quantitative estimate of drug-likeness (QED) is 0.331. The van der Waals surface area contributed by atoms with Crippen molar-refractivity contribution in [3.05, 3.63) is 24.3 Å². The first-order valence-corrected chi connectivity index (χ1v) is 5.65. The second-order valence-corrected chi connectivity index (χ2v) is 3.97. The average Bonchev–Trinajstić information content (AvgIpc) is 2.45. The van der Waals surface area contributed by atoms with Gasteiger partial charge in [-0.2, -0.15) is 0 Å². The largest absolute Gasteiger partial charge is 0.497 e. The number of hydrogen-bond acceptors (Lipinski definition) is 4. The topological polar surface area (TPSA) is 100 Å². The van der Waals surface area contributed by atoms with Crippen molar-refractivity contribution in [3.63, 3.8) is 0 Å². The van der Waals surface area contributed by atoms with Crippen LogP contribution in [0.5, 0.6) is 5.75 Å². The van der Waals surface area contributed by atoms with Gasteiger partial charge in [-0.25, -0.2) is 4.79 Å². The van der Waals surface area contributed by atoms with Gasteiger partial charge in [0.25, 0.3) is 0 Å². The Kier molecular flexibility index (Phi) is 4.99. The number of urea groups is 1.